The summed E-state index contributed by atoms with van der Waals surface area (Å²) < 4.78 is 0. The fourth-order valence-electron chi connectivity index (χ4n) is 3.20. The van der Waals surface area contributed by atoms with Crippen LogP contribution in [0.2, 0.25) is 0 Å². The second-order valence-electron chi connectivity index (χ2n) is 6.61. The SMILES string of the molecule is CC1CC(NCCCC(=O)NC2CC2)CN1C1CC1. The first-order chi connectivity index (χ1) is 9.22. The molecule has 2 unspecified atom stereocenters. The molecule has 3 fully saturated rings. The van der Waals surface area contributed by atoms with Crippen LogP contribution in [-0.2, 0) is 4.79 Å². The molecule has 2 atom stereocenters. The van der Waals surface area contributed by atoms with Crippen LogP contribution in [0.25, 0.3) is 0 Å². The summed E-state index contributed by atoms with van der Waals surface area (Å²) in [4.78, 5) is 14.2. The summed E-state index contributed by atoms with van der Waals surface area (Å²) in [6, 6.07) is 2.76. The van der Waals surface area contributed by atoms with Crippen LogP contribution in [0, 0.1) is 0 Å². The van der Waals surface area contributed by atoms with Crippen LogP contribution in [0.15, 0.2) is 0 Å². The molecule has 0 bridgehead atoms. The zero-order chi connectivity index (χ0) is 13.2. The Hall–Kier alpha value is -0.610. The number of likely N-dealkylation sites (tertiary alicyclic amines) is 1. The maximum Gasteiger partial charge on any atom is 0.220 e. The third-order valence-corrected chi connectivity index (χ3v) is 4.59. The molecule has 4 heteroatoms. The van der Waals surface area contributed by atoms with Crippen molar-refractivity contribution in [1.29, 1.82) is 0 Å². The standard InChI is InChI=1S/C15H27N3O/c1-11-9-13(10-18(11)14-6-7-14)16-8-2-3-15(19)17-12-4-5-12/h11-14,16H,2-10H2,1H3,(H,17,19). The third-order valence-electron chi connectivity index (χ3n) is 4.59. The lowest BCUT2D eigenvalue weighted by Crippen LogP contribution is -2.35. The third kappa shape index (κ3) is 3.93. The van der Waals surface area contributed by atoms with Crippen molar-refractivity contribution < 1.29 is 4.79 Å². The average molecular weight is 265 g/mol. The van der Waals surface area contributed by atoms with Gasteiger partial charge in [0.2, 0.25) is 5.91 Å². The first-order valence-corrected chi connectivity index (χ1v) is 8.01. The van der Waals surface area contributed by atoms with Gasteiger partial charge in [-0.1, -0.05) is 0 Å². The highest BCUT2D eigenvalue weighted by atomic mass is 16.1. The minimum atomic E-state index is 0.240. The Kier molecular flexibility index (Phi) is 4.08. The molecule has 3 aliphatic rings. The Morgan fingerprint density at radius 2 is 2.00 bits per heavy atom. The van der Waals surface area contributed by atoms with E-state index in [1.54, 1.807) is 0 Å². The van der Waals surface area contributed by atoms with Gasteiger partial charge in [-0.3, -0.25) is 9.69 Å². The summed E-state index contributed by atoms with van der Waals surface area (Å²) in [5.41, 5.74) is 0. The van der Waals surface area contributed by atoms with Crippen molar-refractivity contribution >= 4 is 5.91 Å². The lowest BCUT2D eigenvalue weighted by molar-refractivity contribution is -0.121. The van der Waals surface area contributed by atoms with Gasteiger partial charge in [0.15, 0.2) is 0 Å². The molecule has 1 saturated heterocycles. The minimum absolute atomic E-state index is 0.240. The van der Waals surface area contributed by atoms with Crippen LogP contribution in [0.5, 0.6) is 0 Å². The molecule has 2 saturated carbocycles. The van der Waals surface area contributed by atoms with E-state index in [0.29, 0.717) is 18.5 Å². The molecule has 2 N–H and O–H groups in total. The Balaban J connectivity index is 1.26. The van der Waals surface area contributed by atoms with E-state index in [1.807, 2.05) is 0 Å². The van der Waals surface area contributed by atoms with Gasteiger partial charge in [0.25, 0.3) is 0 Å². The van der Waals surface area contributed by atoms with Crippen molar-refractivity contribution in [2.24, 2.45) is 0 Å². The minimum Gasteiger partial charge on any atom is -0.353 e. The van der Waals surface area contributed by atoms with E-state index in [2.05, 4.69) is 22.5 Å². The molecule has 1 heterocycles. The van der Waals surface area contributed by atoms with Gasteiger partial charge in [-0.15, -0.1) is 0 Å². The molecule has 108 valence electrons. The summed E-state index contributed by atoms with van der Waals surface area (Å²) in [5, 5.41) is 6.67. The van der Waals surface area contributed by atoms with E-state index in [4.69, 9.17) is 0 Å². The highest BCUT2D eigenvalue weighted by Crippen LogP contribution is 2.33. The van der Waals surface area contributed by atoms with Crippen molar-refractivity contribution in [3.05, 3.63) is 0 Å². The van der Waals surface area contributed by atoms with Gasteiger partial charge < -0.3 is 10.6 Å². The second-order valence-corrected chi connectivity index (χ2v) is 6.61. The van der Waals surface area contributed by atoms with Gasteiger partial charge in [0.05, 0.1) is 0 Å². The maximum atomic E-state index is 11.5. The maximum absolute atomic E-state index is 11.5. The summed E-state index contributed by atoms with van der Waals surface area (Å²) in [7, 11) is 0. The number of hydrogen-bond acceptors (Lipinski definition) is 3. The molecule has 0 aromatic rings. The molecule has 0 spiro atoms. The van der Waals surface area contributed by atoms with Gasteiger partial charge in [-0.25, -0.2) is 0 Å². The number of nitrogens with zero attached hydrogens (tertiary/aromatic N) is 1. The number of amides is 1. The van der Waals surface area contributed by atoms with Gasteiger partial charge in [-0.05, 0) is 52.0 Å². The predicted molar refractivity (Wildman–Crippen MR) is 76.0 cm³/mol. The first-order valence-electron chi connectivity index (χ1n) is 8.01. The van der Waals surface area contributed by atoms with E-state index >= 15 is 0 Å². The number of hydrogen-bond donors (Lipinski definition) is 2. The van der Waals surface area contributed by atoms with Crippen LogP contribution < -0.4 is 10.6 Å². The van der Waals surface area contributed by atoms with Crippen LogP contribution >= 0.6 is 0 Å². The highest BCUT2D eigenvalue weighted by Gasteiger charge is 2.38. The molecule has 1 aliphatic heterocycles. The van der Waals surface area contributed by atoms with E-state index < -0.39 is 0 Å². The largest absolute Gasteiger partial charge is 0.353 e. The summed E-state index contributed by atoms with van der Waals surface area (Å²) in [6.07, 6.45) is 8.08. The lowest BCUT2D eigenvalue weighted by atomic mass is 10.2. The molecule has 4 nitrogen and oxygen atoms in total. The van der Waals surface area contributed by atoms with Crippen molar-refractivity contribution in [1.82, 2.24) is 15.5 Å². The van der Waals surface area contributed by atoms with E-state index in [0.717, 1.165) is 25.0 Å². The summed E-state index contributed by atoms with van der Waals surface area (Å²) >= 11 is 0. The van der Waals surface area contributed by atoms with Gasteiger partial charge >= 0.3 is 0 Å². The van der Waals surface area contributed by atoms with Gasteiger partial charge in [-0.2, -0.15) is 0 Å². The topological polar surface area (TPSA) is 44.4 Å². The number of carbonyl (C=O) groups excluding carboxylic acids is 1. The molecular weight excluding hydrogens is 238 g/mol. The van der Waals surface area contributed by atoms with Crippen molar-refractivity contribution in [3.63, 3.8) is 0 Å². The highest BCUT2D eigenvalue weighted by molar-refractivity contribution is 5.76. The number of carbonyl (C=O) groups is 1. The van der Waals surface area contributed by atoms with Crippen LogP contribution in [0.1, 0.15) is 51.9 Å². The van der Waals surface area contributed by atoms with E-state index in [-0.39, 0.29) is 5.91 Å². The predicted octanol–water partition coefficient (Wildman–Crippen LogP) is 1.26. The molecule has 19 heavy (non-hydrogen) atoms. The number of nitrogens with one attached hydrogen (secondary N) is 2. The van der Waals surface area contributed by atoms with Crippen molar-refractivity contribution in [2.45, 2.75) is 76.0 Å². The molecular formula is C15H27N3O. The summed E-state index contributed by atoms with van der Waals surface area (Å²) in [6.45, 7) is 4.54. The van der Waals surface area contributed by atoms with Crippen molar-refractivity contribution in [2.75, 3.05) is 13.1 Å². The van der Waals surface area contributed by atoms with Crippen LogP contribution in [0.3, 0.4) is 0 Å². The smallest absolute Gasteiger partial charge is 0.220 e. The molecule has 1 amide bonds. The lowest BCUT2D eigenvalue weighted by Gasteiger charge is -2.19. The van der Waals surface area contributed by atoms with Gasteiger partial charge in [0.1, 0.15) is 0 Å². The normalized spacial score (nSPS) is 31.6. The molecule has 0 radical (unpaired) electrons. The molecule has 0 aromatic heterocycles. The second kappa shape index (κ2) is 5.80. The average Bonchev–Trinajstić information content (AvgIpc) is 3.26. The van der Waals surface area contributed by atoms with Gasteiger partial charge in [0, 0.05) is 37.1 Å². The summed E-state index contributed by atoms with van der Waals surface area (Å²) in [5.74, 6) is 0.240. The molecule has 2 aliphatic carbocycles. The van der Waals surface area contributed by atoms with Crippen molar-refractivity contribution in [3.8, 4) is 0 Å². The van der Waals surface area contributed by atoms with Crippen LogP contribution in [-0.4, -0.2) is 48.1 Å². The van der Waals surface area contributed by atoms with Crippen LogP contribution in [0.4, 0.5) is 0 Å². The molecule has 3 rings (SSSR count). The zero-order valence-electron chi connectivity index (χ0n) is 12.0. The van der Waals surface area contributed by atoms with E-state index in [1.165, 1.54) is 38.6 Å². The Morgan fingerprint density at radius 1 is 1.21 bits per heavy atom. The Morgan fingerprint density at radius 3 is 2.68 bits per heavy atom. The van der Waals surface area contributed by atoms with E-state index in [9.17, 15) is 4.79 Å². The number of rotatable bonds is 7. The molecule has 0 aromatic carbocycles. The fraction of sp³-hybridized carbons (Fsp3) is 0.933. The Labute approximate surface area is 116 Å². The fourth-order valence-corrected chi connectivity index (χ4v) is 3.20. The monoisotopic (exact) mass is 265 g/mol. The quantitative estimate of drug-likeness (QED) is 0.681. The first kappa shape index (κ1) is 13.4. The zero-order valence-corrected chi connectivity index (χ0v) is 12.0. The Bertz CT molecular complexity index is 325.